The molecule has 2 aromatic carbocycles. The zero-order chi connectivity index (χ0) is 21.2. The average Bonchev–Trinajstić information content (AvgIpc) is 3.02. The number of fused-ring (bicyclic) bond motifs is 1. The van der Waals surface area contributed by atoms with E-state index in [2.05, 4.69) is 0 Å². The van der Waals surface area contributed by atoms with Crippen molar-refractivity contribution in [2.24, 2.45) is 0 Å². The molecule has 3 nitrogen and oxygen atoms in total. The molecular weight excluding hydrogens is 430 g/mol. The highest BCUT2D eigenvalue weighted by atomic mass is 35.5. The molecule has 0 fully saturated rings. The van der Waals surface area contributed by atoms with Gasteiger partial charge in [0.05, 0.1) is 13.2 Å². The number of halogens is 2. The van der Waals surface area contributed by atoms with Crippen molar-refractivity contribution in [3.8, 4) is 0 Å². The highest BCUT2D eigenvalue weighted by molar-refractivity contribution is 7.54. The minimum absolute atomic E-state index is 0.136. The first kappa shape index (κ1) is 22.5. The maximum Gasteiger partial charge on any atom is 0.339 e. The molecule has 7 heteroatoms. The van der Waals surface area contributed by atoms with Crippen LogP contribution in [-0.2, 0) is 20.0 Å². The van der Waals surface area contributed by atoms with Crippen LogP contribution in [0.2, 0.25) is 5.02 Å². The Morgan fingerprint density at radius 3 is 2.38 bits per heavy atom. The smallest absolute Gasteiger partial charge is 0.308 e. The monoisotopic (exact) mass is 454 g/mol. The number of hydrogen-bond donors (Lipinski definition) is 0. The molecule has 0 bridgehead atoms. The molecule has 0 aliphatic rings. The minimum atomic E-state index is -3.57. The second kappa shape index (κ2) is 9.28. The molecule has 1 unspecified atom stereocenters. The average molecular weight is 455 g/mol. The largest absolute Gasteiger partial charge is 0.339 e. The van der Waals surface area contributed by atoms with Crippen molar-refractivity contribution in [1.82, 2.24) is 0 Å². The van der Waals surface area contributed by atoms with Crippen LogP contribution in [0.1, 0.15) is 41.1 Å². The Morgan fingerprint density at radius 1 is 1.10 bits per heavy atom. The Hall–Kier alpha value is -1.23. The van der Waals surface area contributed by atoms with Crippen LogP contribution in [0.4, 0.5) is 4.39 Å². The molecule has 0 N–H and O–H groups in total. The van der Waals surface area contributed by atoms with Crippen molar-refractivity contribution in [3.05, 3.63) is 68.8 Å². The zero-order valence-electron chi connectivity index (χ0n) is 17.0. The number of hydrogen-bond acceptors (Lipinski definition) is 4. The summed E-state index contributed by atoms with van der Waals surface area (Å²) < 4.78 is 41.3. The van der Waals surface area contributed by atoms with Gasteiger partial charge in [-0.3, -0.25) is 4.57 Å². The third kappa shape index (κ3) is 4.45. The Morgan fingerprint density at radius 2 is 1.76 bits per heavy atom. The second-order valence-electron chi connectivity index (χ2n) is 6.84. The molecule has 29 heavy (non-hydrogen) atoms. The van der Waals surface area contributed by atoms with Gasteiger partial charge in [0.15, 0.2) is 0 Å². The number of rotatable bonds is 8. The fourth-order valence-corrected chi connectivity index (χ4v) is 7.54. The van der Waals surface area contributed by atoms with E-state index < -0.39 is 13.3 Å². The van der Waals surface area contributed by atoms with Crippen LogP contribution in [0, 0.1) is 19.7 Å². The van der Waals surface area contributed by atoms with Gasteiger partial charge in [-0.25, -0.2) is 4.39 Å². The highest BCUT2D eigenvalue weighted by Crippen LogP contribution is 2.64. The van der Waals surface area contributed by atoms with Gasteiger partial charge >= 0.3 is 7.60 Å². The van der Waals surface area contributed by atoms with Crippen molar-refractivity contribution in [3.63, 3.8) is 0 Å². The fraction of sp³-hybridized carbons (Fsp3) is 0.364. The first-order valence-electron chi connectivity index (χ1n) is 9.62. The number of aryl methyl sites for hydroxylation is 2. The van der Waals surface area contributed by atoms with Gasteiger partial charge in [-0.1, -0.05) is 35.9 Å². The van der Waals surface area contributed by atoms with Gasteiger partial charge in [0.25, 0.3) is 0 Å². The van der Waals surface area contributed by atoms with E-state index in [1.165, 1.54) is 0 Å². The molecule has 0 amide bonds. The van der Waals surface area contributed by atoms with Gasteiger partial charge < -0.3 is 9.05 Å². The van der Waals surface area contributed by atoms with Crippen LogP contribution in [-0.4, -0.2) is 13.2 Å². The van der Waals surface area contributed by atoms with E-state index >= 15 is 0 Å². The molecule has 0 radical (unpaired) electrons. The summed E-state index contributed by atoms with van der Waals surface area (Å²) in [4.78, 5) is 0.883. The SMILES string of the molecule is CCOP(=O)(OCC)C(Cc1c(Cl)ccc(C)c1F)c1sc2ccccc2c1C. The molecule has 0 saturated carbocycles. The summed E-state index contributed by atoms with van der Waals surface area (Å²) in [5.74, 6) is -0.374. The topological polar surface area (TPSA) is 35.5 Å². The molecule has 1 aromatic heterocycles. The van der Waals surface area contributed by atoms with Crippen LogP contribution in [0.15, 0.2) is 36.4 Å². The summed E-state index contributed by atoms with van der Waals surface area (Å²) in [5, 5.41) is 1.41. The second-order valence-corrected chi connectivity index (χ2v) is 10.5. The quantitative estimate of drug-likeness (QED) is 0.325. The van der Waals surface area contributed by atoms with Crippen LogP contribution in [0.5, 0.6) is 0 Å². The Kier molecular flexibility index (Phi) is 7.19. The standard InChI is InChI=1S/C22H25ClFO3PS/c1-5-26-28(25,27-6-2)19(13-17-18(23)12-11-14(3)21(17)24)22-15(4)16-9-7-8-10-20(16)29-22/h7-12,19H,5-6,13H2,1-4H3. The van der Waals surface area contributed by atoms with Crippen molar-refractivity contribution in [1.29, 1.82) is 0 Å². The van der Waals surface area contributed by atoms with Crippen LogP contribution in [0.3, 0.4) is 0 Å². The molecule has 0 aliphatic heterocycles. The van der Waals surface area contributed by atoms with E-state index in [0.29, 0.717) is 16.1 Å². The number of benzene rings is 2. The predicted molar refractivity (Wildman–Crippen MR) is 120 cm³/mol. The van der Waals surface area contributed by atoms with Crippen molar-refractivity contribution in [2.45, 2.75) is 39.8 Å². The molecule has 3 rings (SSSR count). The van der Waals surface area contributed by atoms with E-state index in [9.17, 15) is 8.96 Å². The Balaban J connectivity index is 2.20. The van der Waals surface area contributed by atoms with E-state index in [4.69, 9.17) is 20.6 Å². The maximum absolute atomic E-state index is 15.0. The maximum atomic E-state index is 15.0. The molecule has 3 aromatic rings. The summed E-state index contributed by atoms with van der Waals surface area (Å²) in [6.07, 6.45) is 0.136. The van der Waals surface area contributed by atoms with Crippen LogP contribution in [0.25, 0.3) is 10.1 Å². The van der Waals surface area contributed by atoms with E-state index in [1.807, 2.05) is 31.2 Å². The van der Waals surface area contributed by atoms with Crippen LogP contribution < -0.4 is 0 Å². The minimum Gasteiger partial charge on any atom is -0.308 e. The van der Waals surface area contributed by atoms with Gasteiger partial charge in [-0.2, -0.15) is 0 Å². The molecule has 0 aliphatic carbocycles. The third-order valence-electron chi connectivity index (χ3n) is 4.96. The fourth-order valence-electron chi connectivity index (χ4n) is 3.53. The lowest BCUT2D eigenvalue weighted by Gasteiger charge is -2.27. The summed E-state index contributed by atoms with van der Waals surface area (Å²) >= 11 is 7.90. The predicted octanol–water partition coefficient (Wildman–Crippen LogP) is 7.86. The zero-order valence-corrected chi connectivity index (χ0v) is 19.5. The molecule has 0 saturated heterocycles. The lowest BCUT2D eigenvalue weighted by molar-refractivity contribution is 0.212. The van der Waals surface area contributed by atoms with E-state index in [0.717, 1.165) is 20.5 Å². The summed E-state index contributed by atoms with van der Waals surface area (Å²) in [6.45, 7) is 7.72. The van der Waals surface area contributed by atoms with Gasteiger partial charge in [0.2, 0.25) is 0 Å². The van der Waals surface area contributed by atoms with Crippen molar-refractivity contribution >= 4 is 40.6 Å². The Labute approximate surface area is 180 Å². The summed E-state index contributed by atoms with van der Waals surface area (Å²) in [6, 6.07) is 11.3. The Bertz CT molecular complexity index is 1060. The first-order valence-corrected chi connectivity index (χ1v) is 12.4. The molecule has 156 valence electrons. The molecule has 1 atom stereocenters. The third-order valence-corrected chi connectivity index (χ3v) is 9.32. The van der Waals surface area contributed by atoms with E-state index in [-0.39, 0.29) is 25.5 Å². The molecule has 0 spiro atoms. The summed E-state index contributed by atoms with van der Waals surface area (Å²) in [7, 11) is -3.57. The van der Waals surface area contributed by atoms with Crippen LogP contribution >= 0.6 is 30.5 Å². The molecular formula is C22H25ClFO3PS. The van der Waals surface area contributed by atoms with Crippen molar-refractivity contribution in [2.75, 3.05) is 13.2 Å². The lowest BCUT2D eigenvalue weighted by atomic mass is 10.0. The van der Waals surface area contributed by atoms with Gasteiger partial charge in [-0.15, -0.1) is 11.3 Å². The van der Waals surface area contributed by atoms with Gasteiger partial charge in [0.1, 0.15) is 11.5 Å². The van der Waals surface area contributed by atoms with E-state index in [1.54, 1.807) is 44.2 Å². The number of thiophene rings is 1. The highest BCUT2D eigenvalue weighted by Gasteiger charge is 2.40. The molecule has 1 heterocycles. The normalized spacial score (nSPS) is 13.2. The van der Waals surface area contributed by atoms with Crippen molar-refractivity contribution < 1.29 is 18.0 Å². The first-order chi connectivity index (χ1) is 13.8. The summed E-state index contributed by atoms with van der Waals surface area (Å²) in [5.41, 5.74) is 1.21. The van der Waals surface area contributed by atoms with Gasteiger partial charge in [0, 0.05) is 20.2 Å². The van der Waals surface area contributed by atoms with Gasteiger partial charge in [-0.05, 0) is 62.8 Å². The lowest BCUT2D eigenvalue weighted by Crippen LogP contribution is -2.11.